The maximum absolute atomic E-state index is 12.8. The van der Waals surface area contributed by atoms with E-state index in [1.54, 1.807) is 24.3 Å². The Bertz CT molecular complexity index is 2280. The summed E-state index contributed by atoms with van der Waals surface area (Å²) in [5.41, 5.74) is 9.59. The average molecular weight is 683 g/mol. The van der Waals surface area contributed by atoms with Gasteiger partial charge in [0.25, 0.3) is 0 Å². The van der Waals surface area contributed by atoms with Crippen molar-refractivity contribution < 1.29 is 86.8 Å². The van der Waals surface area contributed by atoms with E-state index in [1.165, 1.54) is 24.3 Å². The zero-order valence-electron chi connectivity index (χ0n) is 25.3. The van der Waals surface area contributed by atoms with Crippen molar-refractivity contribution in [1.82, 2.24) is 0 Å². The molecule has 1 aliphatic rings. The molecule has 230 valence electrons. The minimum atomic E-state index is -4.62. The van der Waals surface area contributed by atoms with E-state index in [1.807, 2.05) is 24.3 Å². The van der Waals surface area contributed by atoms with Crippen LogP contribution in [0.4, 0.5) is 17.1 Å². The number of carbonyl (C=O) groups is 2. The molecule has 0 bridgehead atoms. The van der Waals surface area contributed by atoms with Gasteiger partial charge in [0.15, 0.2) is 11.1 Å². The van der Waals surface area contributed by atoms with Crippen LogP contribution in [0.25, 0.3) is 11.1 Å². The number of carbonyl (C=O) groups excluding carboxylic acids is 2. The number of nitrogens with one attached hydrogen (secondary N) is 3. The monoisotopic (exact) mass is 682 g/mol. The molecule has 0 unspecified atom stereocenters. The molecule has 0 aromatic heterocycles. The minimum absolute atomic E-state index is 0. The number of nitrogens with zero attached hydrogens (tertiary/aromatic N) is 3. The van der Waals surface area contributed by atoms with Crippen molar-refractivity contribution in [3.05, 3.63) is 140 Å². The van der Waals surface area contributed by atoms with E-state index in [9.17, 15) is 37.3 Å². The second-order valence-electron chi connectivity index (χ2n) is 9.53. The van der Waals surface area contributed by atoms with E-state index in [4.69, 9.17) is 0 Å². The maximum Gasteiger partial charge on any atom is 1.00 e. The van der Waals surface area contributed by atoms with E-state index in [0.717, 1.165) is 41.5 Å². The largest absolute Gasteiger partial charge is 1.00 e. The van der Waals surface area contributed by atoms with Gasteiger partial charge in [-0.3, -0.25) is 30.7 Å². The first-order chi connectivity index (χ1) is 22.0. The Labute approximate surface area is 316 Å². The Morgan fingerprint density at radius 1 is 0.646 bits per heavy atom. The van der Waals surface area contributed by atoms with Crippen LogP contribution < -0.4 is 102 Å². The first kappa shape index (κ1) is 38.1. The normalized spacial score (nSPS) is 14.1. The number of carboxylic acid groups (broad SMARTS) is 1. The number of rotatable bonds is 9. The average Bonchev–Trinajstić information content (AvgIpc) is 3.04. The van der Waals surface area contributed by atoms with Gasteiger partial charge in [0.05, 0.1) is 33.6 Å². The molecule has 17 heteroatoms. The summed E-state index contributed by atoms with van der Waals surface area (Å²) in [6.07, 6.45) is 3.62. The van der Waals surface area contributed by atoms with Crippen molar-refractivity contribution in [1.29, 1.82) is 0 Å². The topological polar surface area (TPSA) is 222 Å². The number of ketones is 1. The molecule has 0 spiro atoms. The van der Waals surface area contributed by atoms with Crippen LogP contribution >= 0.6 is 0 Å². The number of hydrogen-bond donors (Lipinski definition) is 3. The first-order valence-corrected chi connectivity index (χ1v) is 14.6. The summed E-state index contributed by atoms with van der Waals surface area (Å²) in [5.74, 6) is -2.24. The van der Waals surface area contributed by atoms with Crippen molar-refractivity contribution >= 4 is 44.6 Å². The van der Waals surface area contributed by atoms with Gasteiger partial charge in [-0.15, -0.1) is 0 Å². The molecule has 0 aliphatic heterocycles. The number of hydrogen-bond acceptors (Lipinski definition) is 14. The van der Waals surface area contributed by atoms with Gasteiger partial charge >= 0.3 is 59.1 Å². The third-order valence-electron chi connectivity index (χ3n) is 6.42. The number of aliphatic carboxylic acids is 1. The Hall–Kier alpha value is -4.32. The van der Waals surface area contributed by atoms with E-state index < -0.39 is 48.6 Å². The zero-order valence-corrected chi connectivity index (χ0v) is 30.1. The van der Waals surface area contributed by atoms with Gasteiger partial charge in [0.2, 0.25) is 10.9 Å². The van der Waals surface area contributed by atoms with Crippen molar-refractivity contribution in [2.75, 3.05) is 16.3 Å². The van der Waals surface area contributed by atoms with Crippen molar-refractivity contribution in [2.45, 2.75) is 4.90 Å². The molecule has 0 heterocycles. The predicted molar refractivity (Wildman–Crippen MR) is 164 cm³/mol. The maximum atomic E-state index is 12.8. The summed E-state index contributed by atoms with van der Waals surface area (Å²) < 4.78 is 33.2. The zero-order chi connectivity index (χ0) is 32.8. The molecule has 0 saturated heterocycles. The first-order valence-electron chi connectivity index (χ1n) is 13.2. The smallest absolute Gasteiger partial charge is 0.744 e. The molecular formula is C31H20N6Na2O8S. The van der Waals surface area contributed by atoms with Crippen molar-refractivity contribution in [3.63, 3.8) is 0 Å². The fourth-order valence-corrected chi connectivity index (χ4v) is 4.50. The molecule has 48 heavy (non-hydrogen) atoms. The minimum Gasteiger partial charge on any atom is -0.744 e. The summed E-state index contributed by atoms with van der Waals surface area (Å²) in [7, 11) is -4.62. The van der Waals surface area contributed by atoms with Crippen LogP contribution in [-0.2, 0) is 19.7 Å². The fourth-order valence-electron chi connectivity index (χ4n) is 4.03. The van der Waals surface area contributed by atoms with Crippen LogP contribution in [-0.4, -0.2) is 30.4 Å². The molecule has 4 aromatic rings. The summed E-state index contributed by atoms with van der Waals surface area (Å²) in [4.78, 5) is 47.3. The number of allylic oxidation sites excluding steroid dienone is 3. The Balaban J connectivity index is 0.00000312. The summed E-state index contributed by atoms with van der Waals surface area (Å²) in [6.45, 7) is 0. The molecule has 1 aliphatic carbocycles. The van der Waals surface area contributed by atoms with Crippen LogP contribution in [0.15, 0.2) is 139 Å². The van der Waals surface area contributed by atoms with Gasteiger partial charge in [0, 0.05) is 5.57 Å². The van der Waals surface area contributed by atoms with Gasteiger partial charge in [0.1, 0.15) is 15.5 Å². The number of benzene rings is 4. The Kier molecular flexibility index (Phi) is 13.2. The molecule has 4 aromatic carbocycles. The van der Waals surface area contributed by atoms with Crippen LogP contribution in [0.3, 0.4) is 0 Å². The van der Waals surface area contributed by atoms with E-state index >= 15 is 0 Å². The van der Waals surface area contributed by atoms with E-state index in [2.05, 4.69) is 31.6 Å². The van der Waals surface area contributed by atoms with Gasteiger partial charge in [-0.1, -0.05) is 24.3 Å². The molecule has 5 rings (SSSR count). The molecule has 0 fully saturated rings. The molecule has 3 N–H and O–H groups in total. The van der Waals surface area contributed by atoms with Gasteiger partial charge < -0.3 is 14.5 Å². The van der Waals surface area contributed by atoms with E-state index in [-0.39, 0.29) is 75.9 Å². The molecule has 0 atom stereocenters. The summed E-state index contributed by atoms with van der Waals surface area (Å²) in [5, 5.41) is 22.5. The summed E-state index contributed by atoms with van der Waals surface area (Å²) in [6, 6.07) is 21.4. The van der Waals surface area contributed by atoms with Gasteiger partial charge in [-0.25, -0.2) is 8.42 Å². The number of anilines is 3. The third-order valence-corrected chi connectivity index (χ3v) is 7.27. The van der Waals surface area contributed by atoms with E-state index in [0.29, 0.717) is 11.4 Å². The second kappa shape index (κ2) is 16.7. The fraction of sp³-hybridized carbons (Fsp3) is 0. The van der Waals surface area contributed by atoms with Gasteiger partial charge in [-0.05, 0) is 90.0 Å². The van der Waals surface area contributed by atoms with Gasteiger partial charge in [-0.2, -0.15) is 15.3 Å². The molecular weight excluding hydrogens is 662 g/mol. The summed E-state index contributed by atoms with van der Waals surface area (Å²) >= 11 is 0. The standard InChI is InChI=1S/C31H22N6O8S.2Na/c38-27-15-11-23(17-25(27)31(41)42)35-32-20-5-1-18(2-6-20)19-3-7-21(8-4-19)33-36-26-14-16-28(39)29(30(26)40)37-34-22-9-12-24(13-10-22)46(43,44)45;;/h1-17,32-34H,(H,41,42)(H,43,44,45);;/q;2*+1/p-2/b35-23-,36-26+,37-29+;;. The number of hydrazone groups is 1. The number of carboxylic acids is 1. The Morgan fingerprint density at radius 3 is 1.67 bits per heavy atom. The molecule has 14 nitrogen and oxygen atoms in total. The van der Waals surface area contributed by atoms with Crippen molar-refractivity contribution in [3.8, 4) is 11.1 Å². The second-order valence-corrected chi connectivity index (χ2v) is 10.9. The quantitative estimate of drug-likeness (QED) is 0.0496. The predicted octanol–water partition coefficient (Wildman–Crippen LogP) is -5.70. The van der Waals surface area contributed by atoms with Crippen molar-refractivity contribution in [2.24, 2.45) is 15.3 Å². The molecule has 0 amide bonds. The van der Waals surface area contributed by atoms with Crippen LogP contribution in [0.1, 0.15) is 0 Å². The van der Waals surface area contributed by atoms with Crippen LogP contribution in [0.5, 0.6) is 0 Å². The molecule has 0 radical (unpaired) electrons. The third kappa shape index (κ3) is 9.62. The Morgan fingerprint density at radius 2 is 1.15 bits per heavy atom. The molecule has 0 saturated carbocycles. The SMILES string of the molecule is O=C([O-])C1=C/C(=N\Nc2ccc(-c3ccc(N/N=c4\ccc(=O)/c(=N\Nc5ccc(S(=O)(=O)[O-])cc5)c4=O)cc3)cc2)C=CC1=O.[Na+].[Na+]. The van der Waals surface area contributed by atoms with Crippen LogP contribution in [0.2, 0.25) is 0 Å². The van der Waals surface area contributed by atoms with Crippen LogP contribution in [0, 0.1) is 0 Å².